The average Bonchev–Trinajstić information content (AvgIpc) is 2.74. The molecule has 1 saturated heterocycles. The van der Waals surface area contributed by atoms with Gasteiger partial charge in [-0.15, -0.1) is 0 Å². The highest BCUT2D eigenvalue weighted by Gasteiger charge is 2.32. The lowest BCUT2D eigenvalue weighted by Gasteiger charge is -2.22. The topological polar surface area (TPSA) is 49.4 Å². The third kappa shape index (κ3) is 5.23. The Kier molecular flexibility index (Phi) is 7.15. The largest absolute Gasteiger partial charge is 0.353 e. The van der Waals surface area contributed by atoms with Gasteiger partial charge in [-0.2, -0.15) is 0 Å². The molecule has 0 spiro atoms. The van der Waals surface area contributed by atoms with Crippen molar-refractivity contribution in [2.45, 2.75) is 76.0 Å². The predicted molar refractivity (Wildman–Crippen MR) is 94.8 cm³/mol. The summed E-state index contributed by atoms with van der Waals surface area (Å²) in [6.45, 7) is 2.59. The van der Waals surface area contributed by atoms with Crippen LogP contribution in [-0.4, -0.2) is 38.9 Å². The van der Waals surface area contributed by atoms with E-state index in [1.165, 1.54) is 31.0 Å². The lowest BCUT2D eigenvalue weighted by molar-refractivity contribution is -0.126. The zero-order chi connectivity index (χ0) is 15.9. The molecule has 22 heavy (non-hydrogen) atoms. The number of thioether (sulfide) groups is 1. The molecule has 2 aliphatic rings. The van der Waals surface area contributed by atoms with Crippen molar-refractivity contribution in [1.82, 2.24) is 10.2 Å². The lowest BCUT2D eigenvalue weighted by Crippen LogP contribution is -2.36. The smallest absolute Gasteiger partial charge is 0.241 e. The minimum absolute atomic E-state index is 0.0335. The Morgan fingerprint density at radius 2 is 2.00 bits per heavy atom. The molecule has 0 aromatic heterocycles. The van der Waals surface area contributed by atoms with Crippen molar-refractivity contribution in [2.75, 3.05) is 6.54 Å². The van der Waals surface area contributed by atoms with Gasteiger partial charge in [0.15, 0.2) is 0 Å². The molecule has 6 heteroatoms. The van der Waals surface area contributed by atoms with E-state index in [0.717, 1.165) is 32.1 Å². The summed E-state index contributed by atoms with van der Waals surface area (Å²) in [6.07, 6.45) is 9.42. The van der Waals surface area contributed by atoms with Crippen molar-refractivity contribution >= 4 is 40.1 Å². The maximum atomic E-state index is 11.9. The maximum Gasteiger partial charge on any atom is 0.241 e. The van der Waals surface area contributed by atoms with Crippen molar-refractivity contribution in [1.29, 1.82) is 0 Å². The fraction of sp³-hybridized carbons (Fsp3) is 0.812. The van der Waals surface area contributed by atoms with Gasteiger partial charge in [-0.3, -0.25) is 14.5 Å². The van der Waals surface area contributed by atoms with E-state index in [0.29, 0.717) is 23.3 Å². The first kappa shape index (κ1) is 17.7. The molecule has 2 rings (SSSR count). The zero-order valence-electron chi connectivity index (χ0n) is 13.3. The number of hydrogen-bond donors (Lipinski definition) is 1. The Labute approximate surface area is 142 Å². The SMILES string of the molecule is CC1SC(=S)N(CCCCCC(=O)NC2CCCCC2)C1=O. The second-order valence-corrected chi connectivity index (χ2v) is 8.20. The number of hydrogen-bond acceptors (Lipinski definition) is 4. The molecule has 124 valence electrons. The van der Waals surface area contributed by atoms with Crippen LogP contribution in [0, 0.1) is 0 Å². The van der Waals surface area contributed by atoms with Crippen LogP contribution < -0.4 is 5.32 Å². The molecular weight excluding hydrogens is 316 g/mol. The highest BCUT2D eigenvalue weighted by molar-refractivity contribution is 8.24. The van der Waals surface area contributed by atoms with E-state index in [4.69, 9.17) is 12.2 Å². The average molecular weight is 343 g/mol. The fourth-order valence-electron chi connectivity index (χ4n) is 3.06. The maximum absolute atomic E-state index is 11.9. The van der Waals surface area contributed by atoms with E-state index >= 15 is 0 Å². The zero-order valence-corrected chi connectivity index (χ0v) is 14.9. The van der Waals surface area contributed by atoms with Crippen LogP contribution in [0.1, 0.15) is 64.7 Å². The van der Waals surface area contributed by atoms with Gasteiger partial charge in [0.05, 0.1) is 5.25 Å². The monoisotopic (exact) mass is 342 g/mol. The molecule has 1 atom stereocenters. The molecule has 1 aliphatic heterocycles. The highest BCUT2D eigenvalue weighted by Crippen LogP contribution is 2.27. The summed E-state index contributed by atoms with van der Waals surface area (Å²) >= 11 is 6.68. The van der Waals surface area contributed by atoms with Gasteiger partial charge in [0.25, 0.3) is 0 Å². The Morgan fingerprint density at radius 1 is 1.27 bits per heavy atom. The molecule has 0 bridgehead atoms. The van der Waals surface area contributed by atoms with Crippen molar-refractivity contribution in [2.24, 2.45) is 0 Å². The number of thiocarbonyl (C=S) groups is 1. The first-order valence-electron chi connectivity index (χ1n) is 8.39. The lowest BCUT2D eigenvalue weighted by atomic mass is 9.95. The molecule has 0 aromatic carbocycles. The van der Waals surface area contributed by atoms with Crippen LogP contribution in [-0.2, 0) is 9.59 Å². The van der Waals surface area contributed by atoms with Crippen LogP contribution in [0.2, 0.25) is 0 Å². The summed E-state index contributed by atoms with van der Waals surface area (Å²) in [4.78, 5) is 25.5. The van der Waals surface area contributed by atoms with Crippen molar-refractivity contribution < 1.29 is 9.59 Å². The van der Waals surface area contributed by atoms with E-state index in [2.05, 4.69) is 5.32 Å². The van der Waals surface area contributed by atoms with Gasteiger partial charge >= 0.3 is 0 Å². The van der Waals surface area contributed by atoms with Crippen LogP contribution in [0.15, 0.2) is 0 Å². The number of nitrogens with zero attached hydrogens (tertiary/aromatic N) is 1. The van der Waals surface area contributed by atoms with Gasteiger partial charge in [-0.25, -0.2) is 0 Å². The summed E-state index contributed by atoms with van der Waals surface area (Å²) in [5.74, 6) is 0.314. The molecule has 2 fully saturated rings. The van der Waals surface area contributed by atoms with Crippen LogP contribution in [0.25, 0.3) is 0 Å². The Morgan fingerprint density at radius 3 is 2.64 bits per heavy atom. The molecule has 1 heterocycles. The number of nitrogens with one attached hydrogen (secondary N) is 1. The van der Waals surface area contributed by atoms with Gasteiger partial charge in [-0.05, 0) is 32.6 Å². The van der Waals surface area contributed by atoms with Crippen LogP contribution in [0.3, 0.4) is 0 Å². The summed E-state index contributed by atoms with van der Waals surface area (Å²) in [6, 6.07) is 0.402. The second kappa shape index (κ2) is 8.87. The van der Waals surface area contributed by atoms with Gasteiger partial charge in [0, 0.05) is 19.0 Å². The molecule has 2 amide bonds. The van der Waals surface area contributed by atoms with Crippen LogP contribution in [0.5, 0.6) is 0 Å². The molecular formula is C16H26N2O2S2. The second-order valence-electron chi connectivity index (χ2n) is 6.23. The number of amides is 2. The first-order chi connectivity index (χ1) is 10.6. The van der Waals surface area contributed by atoms with Crippen LogP contribution >= 0.6 is 24.0 Å². The Bertz CT molecular complexity index is 422. The quantitative estimate of drug-likeness (QED) is 0.570. The number of rotatable bonds is 7. The van der Waals surface area contributed by atoms with Gasteiger partial charge < -0.3 is 5.32 Å². The minimum Gasteiger partial charge on any atom is -0.353 e. The van der Waals surface area contributed by atoms with Crippen molar-refractivity contribution in [3.05, 3.63) is 0 Å². The minimum atomic E-state index is -0.0335. The third-order valence-electron chi connectivity index (χ3n) is 4.37. The third-order valence-corrected chi connectivity index (χ3v) is 5.85. The van der Waals surface area contributed by atoms with Gasteiger partial charge in [-0.1, -0.05) is 49.7 Å². The molecule has 0 radical (unpaired) electrons. The first-order valence-corrected chi connectivity index (χ1v) is 9.68. The number of unbranched alkanes of at least 4 members (excludes halogenated alkanes) is 2. The van der Waals surface area contributed by atoms with Crippen molar-refractivity contribution in [3.8, 4) is 0 Å². The fourth-order valence-corrected chi connectivity index (χ4v) is 4.51. The van der Waals surface area contributed by atoms with E-state index in [-0.39, 0.29) is 17.1 Å². The van der Waals surface area contributed by atoms with Gasteiger partial charge in [0.1, 0.15) is 4.32 Å². The predicted octanol–water partition coefficient (Wildman–Crippen LogP) is 3.24. The molecule has 4 nitrogen and oxygen atoms in total. The van der Waals surface area contributed by atoms with Crippen molar-refractivity contribution in [3.63, 3.8) is 0 Å². The van der Waals surface area contributed by atoms with Gasteiger partial charge in [0.2, 0.25) is 11.8 Å². The summed E-state index contributed by atoms with van der Waals surface area (Å²) in [7, 11) is 0. The van der Waals surface area contributed by atoms with E-state index in [1.807, 2.05) is 6.92 Å². The van der Waals surface area contributed by atoms with E-state index in [9.17, 15) is 9.59 Å². The molecule has 1 aliphatic carbocycles. The standard InChI is InChI=1S/C16H26N2O2S2/c1-12-15(20)18(16(21)22-12)11-7-3-6-10-14(19)17-13-8-4-2-5-9-13/h12-13H,2-11H2,1H3,(H,17,19). The van der Waals surface area contributed by atoms with E-state index < -0.39 is 0 Å². The molecule has 1 saturated carbocycles. The van der Waals surface area contributed by atoms with Crippen LogP contribution in [0.4, 0.5) is 0 Å². The Balaban J connectivity index is 1.54. The Hall–Kier alpha value is -0.620. The summed E-state index contributed by atoms with van der Waals surface area (Å²) in [5, 5.41) is 3.11. The molecule has 0 aromatic rings. The molecule has 1 unspecified atom stereocenters. The normalized spacial score (nSPS) is 23.1. The number of carbonyl (C=O) groups is 2. The summed E-state index contributed by atoms with van der Waals surface area (Å²) in [5.41, 5.74) is 0. The molecule has 1 N–H and O–H groups in total. The summed E-state index contributed by atoms with van der Waals surface area (Å²) < 4.78 is 0.701. The highest BCUT2D eigenvalue weighted by atomic mass is 32.2. The number of carbonyl (C=O) groups excluding carboxylic acids is 2. The van der Waals surface area contributed by atoms with E-state index in [1.54, 1.807) is 4.90 Å².